The van der Waals surface area contributed by atoms with E-state index in [-0.39, 0.29) is 47.8 Å². The second kappa shape index (κ2) is 6.23. The zero-order valence-corrected chi connectivity index (χ0v) is 12.5. The van der Waals surface area contributed by atoms with Gasteiger partial charge in [0.1, 0.15) is 11.6 Å². The summed E-state index contributed by atoms with van der Waals surface area (Å²) in [5.41, 5.74) is 0.580. The molecule has 2 aromatic carbocycles. The third kappa shape index (κ3) is 3.18. The molecule has 0 radical (unpaired) electrons. The largest absolute Gasteiger partial charge is 1.00 e. The SMILES string of the molecule is Cc1cccc([N+](=O)[O-])c1-c1ccc(F)cc1F.[H-].[Na+]. The Morgan fingerprint density at radius 2 is 1.89 bits per heavy atom. The molecule has 0 bridgehead atoms. The average molecular weight is 273 g/mol. The fourth-order valence-electron chi connectivity index (χ4n) is 1.85. The molecule has 0 aliphatic heterocycles. The molecule has 0 saturated heterocycles. The van der Waals surface area contributed by atoms with E-state index in [9.17, 15) is 18.9 Å². The van der Waals surface area contributed by atoms with Crippen LogP contribution in [0.2, 0.25) is 0 Å². The number of benzene rings is 2. The summed E-state index contributed by atoms with van der Waals surface area (Å²) < 4.78 is 26.5. The van der Waals surface area contributed by atoms with Gasteiger partial charge in [0.05, 0.1) is 10.5 Å². The van der Waals surface area contributed by atoms with Gasteiger partial charge in [0.15, 0.2) is 0 Å². The van der Waals surface area contributed by atoms with E-state index in [4.69, 9.17) is 0 Å². The number of hydrogen-bond donors (Lipinski definition) is 0. The van der Waals surface area contributed by atoms with Crippen LogP contribution in [0.25, 0.3) is 11.1 Å². The monoisotopic (exact) mass is 273 g/mol. The minimum Gasteiger partial charge on any atom is -1.00 e. The average Bonchev–Trinajstić information content (AvgIpc) is 2.29. The van der Waals surface area contributed by atoms with E-state index in [1.54, 1.807) is 13.0 Å². The van der Waals surface area contributed by atoms with Crippen molar-refractivity contribution < 1.29 is 44.7 Å². The third-order valence-corrected chi connectivity index (χ3v) is 2.65. The summed E-state index contributed by atoms with van der Waals surface area (Å²) in [5.74, 6) is -1.53. The van der Waals surface area contributed by atoms with E-state index in [0.29, 0.717) is 11.6 Å². The summed E-state index contributed by atoms with van der Waals surface area (Å²) in [6.45, 7) is 1.64. The Hall–Kier alpha value is -1.30. The van der Waals surface area contributed by atoms with Crippen LogP contribution < -0.4 is 29.6 Å². The molecule has 6 heteroatoms. The Bertz CT molecular complexity index is 638. The normalized spacial score (nSPS) is 9.84. The van der Waals surface area contributed by atoms with Crippen molar-refractivity contribution in [2.45, 2.75) is 6.92 Å². The van der Waals surface area contributed by atoms with E-state index in [1.165, 1.54) is 18.2 Å². The van der Waals surface area contributed by atoms with Crippen LogP contribution in [0, 0.1) is 28.7 Å². The quantitative estimate of drug-likeness (QED) is 0.465. The van der Waals surface area contributed by atoms with Crippen molar-refractivity contribution >= 4 is 5.69 Å². The van der Waals surface area contributed by atoms with Crippen molar-refractivity contribution in [2.24, 2.45) is 0 Å². The van der Waals surface area contributed by atoms with Gasteiger partial charge >= 0.3 is 29.6 Å². The molecule has 0 N–H and O–H groups in total. The van der Waals surface area contributed by atoms with Gasteiger partial charge in [-0.25, -0.2) is 8.78 Å². The van der Waals surface area contributed by atoms with Gasteiger partial charge < -0.3 is 1.43 Å². The predicted molar refractivity (Wildman–Crippen MR) is 64.3 cm³/mol. The Morgan fingerprint density at radius 3 is 2.47 bits per heavy atom. The molecule has 3 nitrogen and oxygen atoms in total. The Balaban J connectivity index is 0.00000180. The Morgan fingerprint density at radius 1 is 1.21 bits per heavy atom. The molecule has 0 aliphatic rings. The van der Waals surface area contributed by atoms with Crippen LogP contribution >= 0.6 is 0 Å². The maximum absolute atomic E-state index is 13.7. The predicted octanol–water partition coefficient (Wildman–Crippen LogP) is 0.965. The number of nitro benzene ring substituents is 1. The summed E-state index contributed by atoms with van der Waals surface area (Å²) in [6, 6.07) is 7.47. The van der Waals surface area contributed by atoms with Crippen LogP contribution in [0.4, 0.5) is 14.5 Å². The van der Waals surface area contributed by atoms with Crippen molar-refractivity contribution in [1.82, 2.24) is 0 Å². The van der Waals surface area contributed by atoms with E-state index in [2.05, 4.69) is 0 Å². The van der Waals surface area contributed by atoms with Crippen LogP contribution in [0.1, 0.15) is 6.99 Å². The van der Waals surface area contributed by atoms with Crippen molar-refractivity contribution in [1.29, 1.82) is 0 Å². The van der Waals surface area contributed by atoms with Gasteiger partial charge in [-0.15, -0.1) is 0 Å². The van der Waals surface area contributed by atoms with Crippen LogP contribution in [0.3, 0.4) is 0 Å². The van der Waals surface area contributed by atoms with E-state index >= 15 is 0 Å². The van der Waals surface area contributed by atoms with Crippen molar-refractivity contribution in [2.75, 3.05) is 0 Å². The molecule has 0 atom stereocenters. The van der Waals surface area contributed by atoms with Gasteiger partial charge in [0, 0.05) is 17.7 Å². The fourth-order valence-corrected chi connectivity index (χ4v) is 1.85. The Kier molecular flexibility index (Phi) is 5.17. The summed E-state index contributed by atoms with van der Waals surface area (Å²) in [4.78, 5) is 10.4. The molecular weight excluding hydrogens is 263 g/mol. The number of aryl methyl sites for hydroxylation is 1. The van der Waals surface area contributed by atoms with Gasteiger partial charge in [-0.05, 0) is 24.6 Å². The van der Waals surface area contributed by atoms with Gasteiger partial charge in [-0.3, -0.25) is 10.1 Å². The summed E-state index contributed by atoms with van der Waals surface area (Å²) >= 11 is 0. The standard InChI is InChI=1S/C13H9F2NO2.Na.H/c1-8-3-2-4-12(16(17)18)13(8)10-6-5-9(14)7-11(10)15;;/h2-7H,1H3;;/q;+1;-1. The minimum absolute atomic E-state index is 0. The van der Waals surface area contributed by atoms with Crippen LogP contribution in [0.5, 0.6) is 0 Å². The summed E-state index contributed by atoms with van der Waals surface area (Å²) in [6.07, 6.45) is 0. The first-order valence-corrected chi connectivity index (χ1v) is 5.20. The number of hydrogen-bond acceptors (Lipinski definition) is 2. The molecule has 0 unspecified atom stereocenters. The maximum atomic E-state index is 13.7. The zero-order chi connectivity index (χ0) is 13.3. The third-order valence-electron chi connectivity index (χ3n) is 2.65. The maximum Gasteiger partial charge on any atom is 1.00 e. The zero-order valence-electron chi connectivity index (χ0n) is 11.5. The van der Waals surface area contributed by atoms with E-state index < -0.39 is 16.6 Å². The minimum atomic E-state index is -0.813. The second-order valence-corrected chi connectivity index (χ2v) is 3.85. The molecule has 0 fully saturated rings. The number of nitrogens with zero attached hydrogens (tertiary/aromatic N) is 1. The van der Waals surface area contributed by atoms with Crippen molar-refractivity contribution in [3.8, 4) is 11.1 Å². The molecule has 0 heterocycles. The fraction of sp³-hybridized carbons (Fsp3) is 0.0769. The smallest absolute Gasteiger partial charge is 1.00 e. The van der Waals surface area contributed by atoms with Gasteiger partial charge in [-0.1, -0.05) is 12.1 Å². The Labute approximate surface area is 132 Å². The van der Waals surface area contributed by atoms with Gasteiger partial charge in [0.25, 0.3) is 5.69 Å². The number of halogens is 2. The van der Waals surface area contributed by atoms with E-state index in [0.717, 1.165) is 6.07 Å². The molecule has 94 valence electrons. The van der Waals surface area contributed by atoms with Crippen molar-refractivity contribution in [3.05, 3.63) is 63.7 Å². The first kappa shape index (κ1) is 15.8. The van der Waals surface area contributed by atoms with Crippen LogP contribution in [-0.2, 0) is 0 Å². The summed E-state index contributed by atoms with van der Waals surface area (Å²) in [5, 5.41) is 10.9. The van der Waals surface area contributed by atoms with Crippen LogP contribution in [0.15, 0.2) is 36.4 Å². The first-order chi connectivity index (χ1) is 8.50. The summed E-state index contributed by atoms with van der Waals surface area (Å²) in [7, 11) is 0. The molecule has 19 heavy (non-hydrogen) atoms. The van der Waals surface area contributed by atoms with Crippen molar-refractivity contribution in [3.63, 3.8) is 0 Å². The molecule has 2 rings (SSSR count). The van der Waals surface area contributed by atoms with Gasteiger partial charge in [0.2, 0.25) is 0 Å². The molecule has 0 saturated carbocycles. The molecule has 0 spiro atoms. The number of rotatable bonds is 2. The van der Waals surface area contributed by atoms with Gasteiger partial charge in [-0.2, -0.15) is 0 Å². The molecular formula is C13H10F2NNaO2. The topological polar surface area (TPSA) is 43.1 Å². The first-order valence-electron chi connectivity index (χ1n) is 5.20. The second-order valence-electron chi connectivity index (χ2n) is 3.85. The van der Waals surface area contributed by atoms with E-state index in [1.807, 2.05) is 0 Å². The van der Waals surface area contributed by atoms with Crippen LogP contribution in [-0.4, -0.2) is 4.92 Å². The molecule has 0 aliphatic carbocycles. The molecule has 0 aromatic heterocycles. The molecule has 0 amide bonds. The molecule has 2 aromatic rings. The number of nitro groups is 1.